The van der Waals surface area contributed by atoms with Gasteiger partial charge in [-0.05, 0) is 44.1 Å². The van der Waals surface area contributed by atoms with Gasteiger partial charge in [-0.15, -0.1) is 0 Å². The fourth-order valence-corrected chi connectivity index (χ4v) is 2.86. The number of nitrogens with two attached hydrogens (primary N) is 1. The quantitative estimate of drug-likeness (QED) is 0.815. The van der Waals surface area contributed by atoms with Crippen LogP contribution in [-0.4, -0.2) is 31.4 Å². The number of rotatable bonds is 7. The van der Waals surface area contributed by atoms with Crippen LogP contribution in [0.5, 0.6) is 0 Å². The topological polar surface area (TPSA) is 58.4 Å². The molecule has 0 aliphatic heterocycles. The van der Waals surface area contributed by atoms with Crippen molar-refractivity contribution in [1.29, 1.82) is 0 Å². The van der Waals surface area contributed by atoms with Crippen molar-refractivity contribution in [3.63, 3.8) is 0 Å². The molecular weight excluding hydrogens is 310 g/mol. The third-order valence-corrected chi connectivity index (χ3v) is 4.70. The van der Waals surface area contributed by atoms with E-state index in [4.69, 9.17) is 5.73 Å². The van der Waals surface area contributed by atoms with Crippen molar-refractivity contribution in [2.75, 3.05) is 20.6 Å². The van der Waals surface area contributed by atoms with Crippen molar-refractivity contribution in [2.45, 2.75) is 31.8 Å². The van der Waals surface area contributed by atoms with Crippen LogP contribution < -0.4 is 11.1 Å². The smallest absolute Gasteiger partial charge is 0.244 e. The fourth-order valence-electron chi connectivity index (χ4n) is 2.86. The summed E-state index contributed by atoms with van der Waals surface area (Å²) < 4.78 is 0. The molecule has 0 spiro atoms. The second-order valence-electron chi connectivity index (χ2n) is 6.85. The third-order valence-electron chi connectivity index (χ3n) is 4.70. The van der Waals surface area contributed by atoms with Gasteiger partial charge in [0, 0.05) is 6.54 Å². The lowest BCUT2D eigenvalue weighted by Crippen LogP contribution is -2.50. The van der Waals surface area contributed by atoms with Crippen LogP contribution in [0, 0.1) is 0 Å². The molecule has 0 saturated carbocycles. The van der Waals surface area contributed by atoms with Crippen LogP contribution >= 0.6 is 0 Å². The molecule has 4 nitrogen and oxygen atoms in total. The van der Waals surface area contributed by atoms with Crippen molar-refractivity contribution < 1.29 is 4.79 Å². The van der Waals surface area contributed by atoms with E-state index in [1.165, 1.54) is 11.1 Å². The highest BCUT2D eigenvalue weighted by atomic mass is 16.2. The standard InChI is InChI=1S/C21H29N3O/c1-5-16-11-13-17(14-12-16)19(24(3)4)15-23-20(25)21(2,22)18-9-7-6-8-10-18/h6-14,19H,5,15,22H2,1-4H3,(H,23,25). The molecule has 0 heterocycles. The Labute approximate surface area is 151 Å². The number of carbonyl (C=O) groups is 1. The maximum absolute atomic E-state index is 12.7. The maximum atomic E-state index is 12.7. The maximum Gasteiger partial charge on any atom is 0.244 e. The summed E-state index contributed by atoms with van der Waals surface area (Å²) >= 11 is 0. The van der Waals surface area contributed by atoms with Crippen LogP contribution in [0.4, 0.5) is 0 Å². The monoisotopic (exact) mass is 339 g/mol. The first-order valence-corrected chi connectivity index (χ1v) is 8.74. The van der Waals surface area contributed by atoms with Gasteiger partial charge in [0.2, 0.25) is 5.91 Å². The first kappa shape index (κ1) is 19.2. The molecule has 0 aliphatic rings. The Morgan fingerprint density at radius 2 is 1.72 bits per heavy atom. The average Bonchev–Trinajstić information content (AvgIpc) is 2.62. The molecule has 134 valence electrons. The van der Waals surface area contributed by atoms with Crippen molar-refractivity contribution >= 4 is 5.91 Å². The Balaban J connectivity index is 2.09. The molecule has 2 atom stereocenters. The van der Waals surface area contributed by atoms with Gasteiger partial charge in [0.25, 0.3) is 0 Å². The van der Waals surface area contributed by atoms with Gasteiger partial charge in [-0.25, -0.2) is 0 Å². The molecule has 0 aliphatic carbocycles. The Hall–Kier alpha value is -2.17. The second-order valence-corrected chi connectivity index (χ2v) is 6.85. The van der Waals surface area contributed by atoms with Gasteiger partial charge in [0.1, 0.15) is 5.54 Å². The van der Waals surface area contributed by atoms with Gasteiger partial charge in [-0.3, -0.25) is 4.79 Å². The van der Waals surface area contributed by atoms with E-state index in [0.717, 1.165) is 12.0 Å². The van der Waals surface area contributed by atoms with Gasteiger partial charge in [-0.2, -0.15) is 0 Å². The minimum atomic E-state index is -1.05. The summed E-state index contributed by atoms with van der Waals surface area (Å²) in [5.74, 6) is -0.171. The normalized spacial score (nSPS) is 14.8. The van der Waals surface area contributed by atoms with Crippen LogP contribution in [0.3, 0.4) is 0 Å². The average molecular weight is 339 g/mol. The van der Waals surface area contributed by atoms with E-state index in [2.05, 4.69) is 41.4 Å². The molecule has 0 aromatic heterocycles. The van der Waals surface area contributed by atoms with Crippen molar-refractivity contribution in [1.82, 2.24) is 10.2 Å². The number of benzene rings is 2. The molecule has 2 rings (SSSR count). The Bertz CT molecular complexity index is 678. The zero-order valence-electron chi connectivity index (χ0n) is 15.6. The fraction of sp³-hybridized carbons (Fsp3) is 0.381. The van der Waals surface area contributed by atoms with Crippen LogP contribution in [-0.2, 0) is 16.8 Å². The predicted octanol–water partition coefficient (Wildman–Crippen LogP) is 2.84. The lowest BCUT2D eigenvalue weighted by molar-refractivity contribution is -0.126. The largest absolute Gasteiger partial charge is 0.352 e. The number of aryl methyl sites for hydroxylation is 1. The number of amides is 1. The highest BCUT2D eigenvalue weighted by Crippen LogP contribution is 2.20. The number of carbonyl (C=O) groups excluding carboxylic acids is 1. The highest BCUT2D eigenvalue weighted by Gasteiger charge is 2.30. The Kier molecular flexibility index (Phi) is 6.34. The Morgan fingerprint density at radius 1 is 1.12 bits per heavy atom. The summed E-state index contributed by atoms with van der Waals surface area (Å²) in [7, 11) is 4.03. The molecule has 25 heavy (non-hydrogen) atoms. The zero-order valence-corrected chi connectivity index (χ0v) is 15.6. The van der Waals surface area contributed by atoms with Crippen LogP contribution in [0.25, 0.3) is 0 Å². The van der Waals surface area contributed by atoms with E-state index in [9.17, 15) is 4.79 Å². The van der Waals surface area contributed by atoms with Gasteiger partial charge in [-0.1, -0.05) is 61.5 Å². The van der Waals surface area contributed by atoms with E-state index < -0.39 is 5.54 Å². The molecule has 4 heteroatoms. The van der Waals surface area contributed by atoms with Crippen LogP contribution in [0.2, 0.25) is 0 Å². The molecule has 2 aromatic carbocycles. The van der Waals surface area contributed by atoms with Gasteiger partial charge in [0.05, 0.1) is 6.04 Å². The van der Waals surface area contributed by atoms with Crippen molar-refractivity contribution in [3.8, 4) is 0 Å². The molecule has 0 radical (unpaired) electrons. The lowest BCUT2D eigenvalue weighted by Gasteiger charge is -2.29. The number of hydrogen-bond acceptors (Lipinski definition) is 3. The SMILES string of the molecule is CCc1ccc(C(CNC(=O)C(C)(N)c2ccccc2)N(C)C)cc1. The molecule has 1 amide bonds. The van der Waals surface area contributed by atoms with E-state index in [-0.39, 0.29) is 11.9 Å². The van der Waals surface area contributed by atoms with Gasteiger partial charge in [0.15, 0.2) is 0 Å². The zero-order chi connectivity index (χ0) is 18.4. The number of likely N-dealkylation sites (N-methyl/N-ethyl adjacent to an activating group) is 1. The number of nitrogens with one attached hydrogen (secondary N) is 1. The minimum absolute atomic E-state index is 0.0985. The first-order valence-electron chi connectivity index (χ1n) is 8.74. The summed E-state index contributed by atoms with van der Waals surface area (Å²) in [6.07, 6.45) is 1.02. The number of hydrogen-bond donors (Lipinski definition) is 2. The molecule has 0 bridgehead atoms. The summed E-state index contributed by atoms with van der Waals surface area (Å²) in [6, 6.07) is 18.1. The summed E-state index contributed by atoms with van der Waals surface area (Å²) in [5.41, 5.74) is 8.54. The first-order chi connectivity index (χ1) is 11.9. The summed E-state index contributed by atoms with van der Waals surface area (Å²) in [4.78, 5) is 14.8. The van der Waals surface area contributed by atoms with Crippen LogP contribution in [0.1, 0.15) is 36.6 Å². The van der Waals surface area contributed by atoms with Gasteiger partial charge >= 0.3 is 0 Å². The van der Waals surface area contributed by atoms with E-state index >= 15 is 0 Å². The molecule has 0 saturated heterocycles. The summed E-state index contributed by atoms with van der Waals surface area (Å²) in [5, 5.41) is 3.02. The summed E-state index contributed by atoms with van der Waals surface area (Å²) in [6.45, 7) is 4.40. The van der Waals surface area contributed by atoms with E-state index in [1.54, 1.807) is 6.92 Å². The molecular formula is C21H29N3O. The van der Waals surface area contributed by atoms with Crippen molar-refractivity contribution in [2.24, 2.45) is 5.73 Å². The third kappa shape index (κ3) is 4.68. The second kappa shape index (κ2) is 8.28. The van der Waals surface area contributed by atoms with Crippen molar-refractivity contribution in [3.05, 3.63) is 71.3 Å². The predicted molar refractivity (Wildman–Crippen MR) is 103 cm³/mol. The molecule has 0 fully saturated rings. The van der Waals surface area contributed by atoms with Crippen LogP contribution in [0.15, 0.2) is 54.6 Å². The molecule has 2 aromatic rings. The molecule has 3 N–H and O–H groups in total. The van der Waals surface area contributed by atoms with Gasteiger partial charge < -0.3 is 16.0 Å². The highest BCUT2D eigenvalue weighted by molar-refractivity contribution is 5.87. The molecule has 2 unspecified atom stereocenters. The minimum Gasteiger partial charge on any atom is -0.352 e. The lowest BCUT2D eigenvalue weighted by atomic mass is 9.92. The van der Waals surface area contributed by atoms with E-state index in [0.29, 0.717) is 6.54 Å². The Morgan fingerprint density at radius 3 is 2.24 bits per heavy atom. The number of nitrogens with zero attached hydrogens (tertiary/aromatic N) is 1. The van der Waals surface area contributed by atoms with E-state index in [1.807, 2.05) is 44.4 Å².